The monoisotopic (exact) mass is 185 g/mol. The number of carbonyl (C=O) groups is 1. The van der Waals surface area contributed by atoms with Crippen molar-refractivity contribution in [3.63, 3.8) is 0 Å². The maximum Gasteiger partial charge on any atom is 0.223 e. The van der Waals surface area contributed by atoms with Gasteiger partial charge in [-0.1, -0.05) is 6.92 Å². The first-order valence-electron chi connectivity index (χ1n) is 5.12. The summed E-state index contributed by atoms with van der Waals surface area (Å²) in [6.45, 7) is 3.03. The first kappa shape index (κ1) is 10.5. The molecule has 1 fully saturated rings. The van der Waals surface area contributed by atoms with E-state index in [-0.39, 0.29) is 12.5 Å². The average molecular weight is 185 g/mol. The largest absolute Gasteiger partial charge is 0.396 e. The van der Waals surface area contributed by atoms with Crippen LogP contribution in [0.3, 0.4) is 0 Å². The second-order valence-corrected chi connectivity index (χ2v) is 4.00. The highest BCUT2D eigenvalue weighted by Crippen LogP contribution is 2.28. The van der Waals surface area contributed by atoms with Crippen LogP contribution in [0.25, 0.3) is 0 Å². The van der Waals surface area contributed by atoms with Crippen molar-refractivity contribution in [1.82, 2.24) is 5.32 Å². The van der Waals surface area contributed by atoms with Crippen LogP contribution in [-0.4, -0.2) is 24.2 Å². The van der Waals surface area contributed by atoms with E-state index in [2.05, 4.69) is 5.32 Å². The van der Waals surface area contributed by atoms with E-state index in [1.165, 1.54) is 0 Å². The lowest BCUT2D eigenvalue weighted by Gasteiger charge is -2.07. The number of hydrogen-bond donors (Lipinski definition) is 2. The number of rotatable bonds is 6. The molecule has 0 aromatic carbocycles. The van der Waals surface area contributed by atoms with Gasteiger partial charge in [0.05, 0.1) is 0 Å². The summed E-state index contributed by atoms with van der Waals surface area (Å²) in [4.78, 5) is 11.2. The molecule has 2 N–H and O–H groups in total. The third kappa shape index (κ3) is 4.27. The summed E-state index contributed by atoms with van der Waals surface area (Å²) in [6.07, 6.45) is 4.10. The second-order valence-electron chi connectivity index (χ2n) is 4.00. The third-order valence-corrected chi connectivity index (χ3v) is 2.43. The van der Waals surface area contributed by atoms with Gasteiger partial charge in [-0.25, -0.2) is 0 Å². The van der Waals surface area contributed by atoms with E-state index in [1.807, 2.05) is 6.92 Å². The first-order valence-corrected chi connectivity index (χ1v) is 5.12. The zero-order valence-electron chi connectivity index (χ0n) is 8.25. The molecule has 0 aromatic heterocycles. The van der Waals surface area contributed by atoms with E-state index in [9.17, 15) is 4.79 Å². The molecule has 0 aliphatic heterocycles. The van der Waals surface area contributed by atoms with Crippen LogP contribution in [0.15, 0.2) is 0 Å². The summed E-state index contributed by atoms with van der Waals surface area (Å²) in [7, 11) is 0. The van der Waals surface area contributed by atoms with Gasteiger partial charge in [0.15, 0.2) is 0 Å². The van der Waals surface area contributed by atoms with E-state index in [0.717, 1.165) is 32.2 Å². The average Bonchev–Trinajstić information content (AvgIpc) is 2.94. The molecule has 0 saturated heterocycles. The highest BCUT2D eigenvalue weighted by molar-refractivity contribution is 5.80. The molecule has 1 unspecified atom stereocenters. The Hall–Kier alpha value is -0.570. The molecule has 1 aliphatic rings. The van der Waals surface area contributed by atoms with Crippen LogP contribution in [0.5, 0.6) is 0 Å². The van der Waals surface area contributed by atoms with Gasteiger partial charge >= 0.3 is 0 Å². The maximum absolute atomic E-state index is 11.2. The van der Waals surface area contributed by atoms with Crippen LogP contribution in [0, 0.1) is 11.8 Å². The van der Waals surface area contributed by atoms with Gasteiger partial charge < -0.3 is 10.4 Å². The molecule has 76 valence electrons. The fourth-order valence-electron chi connectivity index (χ4n) is 1.24. The Balaban J connectivity index is 1.91. The molecule has 0 heterocycles. The highest BCUT2D eigenvalue weighted by atomic mass is 16.3. The molecule has 1 atom stereocenters. The Kier molecular flexibility index (Phi) is 4.22. The van der Waals surface area contributed by atoms with Crippen LogP contribution in [0.1, 0.15) is 32.6 Å². The molecule has 0 aromatic rings. The predicted molar refractivity (Wildman–Crippen MR) is 51.2 cm³/mol. The fourth-order valence-corrected chi connectivity index (χ4v) is 1.24. The lowest BCUT2D eigenvalue weighted by Crippen LogP contribution is -2.26. The van der Waals surface area contributed by atoms with Crippen LogP contribution in [0.4, 0.5) is 0 Å². The summed E-state index contributed by atoms with van der Waals surface area (Å²) in [6, 6.07) is 0. The Bertz CT molecular complexity index is 166. The van der Waals surface area contributed by atoms with E-state index in [1.54, 1.807) is 0 Å². The molecule has 1 aliphatic carbocycles. The Morgan fingerprint density at radius 1 is 1.62 bits per heavy atom. The molecule has 3 heteroatoms. The zero-order chi connectivity index (χ0) is 9.68. The van der Waals surface area contributed by atoms with Crippen molar-refractivity contribution in [3.8, 4) is 0 Å². The van der Waals surface area contributed by atoms with Gasteiger partial charge in [0, 0.05) is 19.1 Å². The van der Waals surface area contributed by atoms with Gasteiger partial charge in [0.1, 0.15) is 0 Å². The normalized spacial score (nSPS) is 18.3. The van der Waals surface area contributed by atoms with Gasteiger partial charge in [-0.2, -0.15) is 0 Å². The van der Waals surface area contributed by atoms with Crippen LogP contribution in [-0.2, 0) is 4.79 Å². The van der Waals surface area contributed by atoms with Crippen molar-refractivity contribution in [2.75, 3.05) is 13.2 Å². The molecule has 1 saturated carbocycles. The van der Waals surface area contributed by atoms with E-state index in [4.69, 9.17) is 5.11 Å². The predicted octanol–water partition coefficient (Wildman–Crippen LogP) is 0.921. The molecule has 13 heavy (non-hydrogen) atoms. The van der Waals surface area contributed by atoms with Crippen molar-refractivity contribution < 1.29 is 9.90 Å². The molecular weight excluding hydrogens is 166 g/mol. The molecule has 1 rings (SSSR count). The van der Waals surface area contributed by atoms with Gasteiger partial charge in [0.2, 0.25) is 5.91 Å². The van der Waals surface area contributed by atoms with Crippen molar-refractivity contribution in [2.24, 2.45) is 11.8 Å². The van der Waals surface area contributed by atoms with Crippen molar-refractivity contribution in [2.45, 2.75) is 32.6 Å². The lowest BCUT2D eigenvalue weighted by atomic mass is 10.1. The zero-order valence-corrected chi connectivity index (χ0v) is 8.25. The SMILES string of the molecule is CC(CO)CCCNC(=O)C1CC1. The summed E-state index contributed by atoms with van der Waals surface area (Å²) in [5, 5.41) is 11.7. The number of hydrogen-bond acceptors (Lipinski definition) is 2. The number of nitrogens with one attached hydrogen (secondary N) is 1. The summed E-state index contributed by atoms with van der Waals surface area (Å²) in [5.74, 6) is 0.893. The number of aliphatic hydroxyl groups is 1. The van der Waals surface area contributed by atoms with Gasteiger partial charge in [0.25, 0.3) is 0 Å². The Labute approximate surface area is 79.5 Å². The highest BCUT2D eigenvalue weighted by Gasteiger charge is 2.28. The van der Waals surface area contributed by atoms with Gasteiger partial charge in [-0.3, -0.25) is 4.79 Å². The molecule has 3 nitrogen and oxygen atoms in total. The summed E-state index contributed by atoms with van der Waals surface area (Å²) >= 11 is 0. The van der Waals surface area contributed by atoms with E-state index < -0.39 is 0 Å². The number of amides is 1. The lowest BCUT2D eigenvalue weighted by molar-refractivity contribution is -0.122. The molecule has 0 bridgehead atoms. The topological polar surface area (TPSA) is 49.3 Å². The van der Waals surface area contributed by atoms with Crippen molar-refractivity contribution in [3.05, 3.63) is 0 Å². The minimum Gasteiger partial charge on any atom is -0.396 e. The minimum absolute atomic E-state index is 0.219. The first-order chi connectivity index (χ1) is 6.24. The van der Waals surface area contributed by atoms with E-state index >= 15 is 0 Å². The van der Waals surface area contributed by atoms with E-state index in [0.29, 0.717) is 11.8 Å². The number of carbonyl (C=O) groups excluding carboxylic acids is 1. The van der Waals surface area contributed by atoms with Crippen LogP contribution >= 0.6 is 0 Å². The Morgan fingerprint density at radius 3 is 2.85 bits per heavy atom. The molecule has 1 amide bonds. The standard InChI is InChI=1S/C10H19NO2/c1-8(7-12)3-2-6-11-10(13)9-4-5-9/h8-9,12H,2-7H2,1H3,(H,11,13). The quantitative estimate of drug-likeness (QED) is 0.605. The summed E-state index contributed by atoms with van der Waals surface area (Å²) in [5.41, 5.74) is 0. The van der Waals surface area contributed by atoms with Gasteiger partial charge in [-0.15, -0.1) is 0 Å². The van der Waals surface area contributed by atoms with Crippen LogP contribution < -0.4 is 5.32 Å². The second kappa shape index (κ2) is 5.22. The van der Waals surface area contributed by atoms with Gasteiger partial charge in [-0.05, 0) is 31.6 Å². The van der Waals surface area contributed by atoms with Crippen molar-refractivity contribution in [1.29, 1.82) is 0 Å². The van der Waals surface area contributed by atoms with Crippen molar-refractivity contribution >= 4 is 5.91 Å². The fraction of sp³-hybridized carbons (Fsp3) is 0.900. The summed E-state index contributed by atoms with van der Waals surface area (Å²) < 4.78 is 0. The Morgan fingerprint density at radius 2 is 2.31 bits per heavy atom. The third-order valence-electron chi connectivity index (χ3n) is 2.43. The molecule has 0 spiro atoms. The molecular formula is C10H19NO2. The smallest absolute Gasteiger partial charge is 0.223 e. The maximum atomic E-state index is 11.2. The van der Waals surface area contributed by atoms with Crippen LogP contribution in [0.2, 0.25) is 0 Å². The minimum atomic E-state index is 0.219. The number of aliphatic hydroxyl groups excluding tert-OH is 1. The molecule has 0 radical (unpaired) electrons.